The second kappa shape index (κ2) is 17.4. The third-order valence-corrected chi connectivity index (χ3v) is 13.7. The molecular formula is C36H50N6O7S2. The van der Waals surface area contributed by atoms with Gasteiger partial charge in [-0.25, -0.2) is 16.8 Å². The Hall–Kier alpha value is -3.47. The first-order chi connectivity index (χ1) is 24.3. The molecule has 51 heavy (non-hydrogen) atoms. The van der Waals surface area contributed by atoms with Crippen molar-refractivity contribution in [3.05, 3.63) is 71.8 Å². The number of amides is 3. The number of nitrogens with zero attached hydrogens (tertiary/aromatic N) is 6. The van der Waals surface area contributed by atoms with E-state index in [-0.39, 0.29) is 53.7 Å². The molecule has 278 valence electrons. The van der Waals surface area contributed by atoms with E-state index in [0.717, 1.165) is 11.1 Å². The van der Waals surface area contributed by atoms with Gasteiger partial charge in [-0.1, -0.05) is 41.8 Å². The molecular weight excluding hydrogens is 693 g/mol. The summed E-state index contributed by atoms with van der Waals surface area (Å²) in [6.45, 7) is 8.74. The molecule has 0 spiro atoms. The molecule has 2 saturated heterocycles. The number of carbonyl (C=O) groups excluding carboxylic acids is 3. The molecule has 5 rings (SSSR count). The number of hydrogen-bond acceptors (Lipinski definition) is 9. The van der Waals surface area contributed by atoms with Gasteiger partial charge in [0.15, 0.2) is 0 Å². The van der Waals surface area contributed by atoms with Crippen molar-refractivity contribution in [3.8, 4) is 0 Å². The Morgan fingerprint density at radius 2 is 0.941 bits per heavy atom. The Morgan fingerprint density at radius 1 is 0.549 bits per heavy atom. The lowest BCUT2D eigenvalue weighted by Crippen LogP contribution is -2.48. The second-order valence-electron chi connectivity index (χ2n) is 13.5. The van der Waals surface area contributed by atoms with E-state index in [9.17, 15) is 31.2 Å². The molecule has 3 aliphatic rings. The summed E-state index contributed by atoms with van der Waals surface area (Å²) in [5, 5.41) is 0. The lowest BCUT2D eigenvalue weighted by molar-refractivity contribution is -0.137. The van der Waals surface area contributed by atoms with Crippen LogP contribution in [0.3, 0.4) is 0 Å². The molecule has 13 nitrogen and oxygen atoms in total. The predicted octanol–water partition coefficient (Wildman–Crippen LogP) is 1.93. The Kier molecular flexibility index (Phi) is 13.2. The summed E-state index contributed by atoms with van der Waals surface area (Å²) in [6, 6.07) is 13.4. The van der Waals surface area contributed by atoms with Crippen molar-refractivity contribution in [3.63, 3.8) is 0 Å². The van der Waals surface area contributed by atoms with Crippen LogP contribution in [0.25, 0.3) is 0 Å². The monoisotopic (exact) mass is 742 g/mol. The third kappa shape index (κ3) is 10.1. The van der Waals surface area contributed by atoms with Gasteiger partial charge in [-0.05, 0) is 51.0 Å². The fraction of sp³-hybridized carbons (Fsp3) is 0.528. The van der Waals surface area contributed by atoms with Crippen LogP contribution in [0.2, 0.25) is 0 Å². The number of aryl methyl sites for hydroxylation is 2. The summed E-state index contributed by atoms with van der Waals surface area (Å²) >= 11 is 0. The average molecular weight is 743 g/mol. The second-order valence-corrected chi connectivity index (χ2v) is 17.3. The molecule has 2 atom stereocenters. The van der Waals surface area contributed by atoms with Gasteiger partial charge < -0.3 is 4.90 Å². The number of rotatable bonds is 10. The first-order valence-electron chi connectivity index (χ1n) is 17.7. The summed E-state index contributed by atoms with van der Waals surface area (Å²) in [4.78, 5) is 44.9. The maximum absolute atomic E-state index is 14.0. The summed E-state index contributed by atoms with van der Waals surface area (Å²) < 4.78 is 58.8. The fourth-order valence-electron chi connectivity index (χ4n) is 6.52. The lowest BCUT2D eigenvalue weighted by Gasteiger charge is -2.33. The molecule has 0 aromatic heterocycles. The van der Waals surface area contributed by atoms with E-state index in [1.54, 1.807) is 48.5 Å². The molecule has 0 N–H and O–H groups in total. The number of carbonyl (C=O) groups is 3. The van der Waals surface area contributed by atoms with E-state index < -0.39 is 20.0 Å². The maximum atomic E-state index is 14.0. The topological polar surface area (TPSA) is 139 Å². The minimum atomic E-state index is -3.93. The average Bonchev–Trinajstić information content (AvgIpc) is 3.46. The number of unbranched alkanes of at least 4 members (excludes halogenated alkanes) is 2. The summed E-state index contributed by atoms with van der Waals surface area (Å²) in [6.07, 6.45) is 4.83. The van der Waals surface area contributed by atoms with Gasteiger partial charge >= 0.3 is 0 Å². The van der Waals surface area contributed by atoms with E-state index in [0.29, 0.717) is 84.6 Å². The van der Waals surface area contributed by atoms with E-state index >= 15 is 0 Å². The van der Waals surface area contributed by atoms with Gasteiger partial charge in [0.1, 0.15) is 0 Å². The molecule has 2 aromatic carbocycles. The predicted molar refractivity (Wildman–Crippen MR) is 194 cm³/mol. The van der Waals surface area contributed by atoms with Crippen LogP contribution in [0.4, 0.5) is 0 Å². The van der Waals surface area contributed by atoms with Crippen LogP contribution in [0.1, 0.15) is 36.8 Å². The minimum absolute atomic E-state index is 0.00363. The number of sulfonamides is 2. The SMILES string of the molecule is Cc1ccc(S(=O)(=O)N2CCN3CCN(CCN(C(=O)CCCCCN4C(=O)C=CC4=O)CC3)CCN(S(=O)(=O)c3ccc(C)cc3)CC2)cc1. The van der Waals surface area contributed by atoms with E-state index in [4.69, 9.17) is 0 Å². The zero-order valence-electron chi connectivity index (χ0n) is 29.7. The van der Waals surface area contributed by atoms with Crippen molar-refractivity contribution in [2.24, 2.45) is 0 Å². The standard InChI is InChI=1S/C36H50N6O7S2/c1-30-7-11-32(12-8-30)50(46,47)40-26-22-37-18-19-38(23-27-41(29-28-40)51(48,49)33-13-9-31(2)10-14-33)21-25-39(24-20-37)34(43)6-4-3-5-17-42-35(44)15-16-36(42)45/h7-16H,3-6,17-29H2,1-2H3. The van der Waals surface area contributed by atoms with Gasteiger partial charge in [-0.15, -0.1) is 0 Å². The van der Waals surface area contributed by atoms with Gasteiger partial charge in [0.25, 0.3) is 11.8 Å². The highest BCUT2D eigenvalue weighted by Crippen LogP contribution is 2.21. The van der Waals surface area contributed by atoms with Crippen molar-refractivity contribution in [2.45, 2.75) is 49.3 Å². The van der Waals surface area contributed by atoms with Crippen LogP contribution in [-0.2, 0) is 34.4 Å². The molecule has 3 aliphatic heterocycles. The van der Waals surface area contributed by atoms with Crippen LogP contribution in [0.15, 0.2) is 70.5 Å². The highest BCUT2D eigenvalue weighted by Gasteiger charge is 2.31. The summed E-state index contributed by atoms with van der Waals surface area (Å²) in [5.41, 5.74) is 1.87. The van der Waals surface area contributed by atoms with Crippen LogP contribution in [0.5, 0.6) is 0 Å². The van der Waals surface area contributed by atoms with E-state index in [2.05, 4.69) is 9.80 Å². The van der Waals surface area contributed by atoms with Crippen LogP contribution < -0.4 is 0 Å². The molecule has 2 unspecified atom stereocenters. The van der Waals surface area contributed by atoms with Crippen molar-refractivity contribution in [2.75, 3.05) is 85.1 Å². The smallest absolute Gasteiger partial charge is 0.253 e. The van der Waals surface area contributed by atoms with Gasteiger partial charge in [-0.2, -0.15) is 8.61 Å². The molecule has 0 aliphatic carbocycles. The first kappa shape index (κ1) is 38.8. The van der Waals surface area contributed by atoms with Crippen molar-refractivity contribution < 1.29 is 31.2 Å². The zero-order chi connectivity index (χ0) is 36.6. The normalized spacial score (nSPS) is 21.9. The Labute approximate surface area is 302 Å². The lowest BCUT2D eigenvalue weighted by atomic mass is 10.1. The summed E-state index contributed by atoms with van der Waals surface area (Å²) in [5.74, 6) is -0.587. The first-order valence-corrected chi connectivity index (χ1v) is 20.6. The molecule has 3 heterocycles. The van der Waals surface area contributed by atoms with Crippen molar-refractivity contribution >= 4 is 37.8 Å². The zero-order valence-corrected chi connectivity index (χ0v) is 31.3. The molecule has 3 amide bonds. The van der Waals surface area contributed by atoms with Gasteiger partial charge in [0, 0.05) is 104 Å². The molecule has 0 radical (unpaired) electrons. The summed E-state index contributed by atoms with van der Waals surface area (Å²) in [7, 11) is -7.87. The third-order valence-electron chi connectivity index (χ3n) is 9.88. The molecule has 0 saturated carbocycles. The number of hydrogen-bond donors (Lipinski definition) is 0. The van der Waals surface area contributed by atoms with E-state index in [1.807, 2.05) is 18.7 Å². The van der Waals surface area contributed by atoms with Gasteiger partial charge in [0.05, 0.1) is 9.79 Å². The fourth-order valence-corrected chi connectivity index (χ4v) is 9.37. The molecule has 2 aromatic rings. The highest BCUT2D eigenvalue weighted by atomic mass is 32.2. The molecule has 2 fully saturated rings. The van der Waals surface area contributed by atoms with Crippen LogP contribution in [0, 0.1) is 13.8 Å². The Bertz CT molecular complexity index is 1670. The Morgan fingerprint density at radius 3 is 1.39 bits per heavy atom. The molecule has 15 heteroatoms. The highest BCUT2D eigenvalue weighted by molar-refractivity contribution is 7.89. The van der Waals surface area contributed by atoms with Gasteiger partial charge in [0.2, 0.25) is 26.0 Å². The Balaban J connectivity index is 1.31. The van der Waals surface area contributed by atoms with Gasteiger partial charge in [-0.3, -0.25) is 29.1 Å². The van der Waals surface area contributed by atoms with Crippen LogP contribution in [-0.4, -0.2) is 148 Å². The van der Waals surface area contributed by atoms with E-state index in [1.165, 1.54) is 25.7 Å². The van der Waals surface area contributed by atoms with Crippen molar-refractivity contribution in [1.82, 2.24) is 28.2 Å². The van der Waals surface area contributed by atoms with Crippen LogP contribution >= 0.6 is 0 Å². The largest absolute Gasteiger partial charge is 0.340 e. The molecule has 2 bridgehead atoms. The number of imide groups is 1. The maximum Gasteiger partial charge on any atom is 0.253 e. The minimum Gasteiger partial charge on any atom is -0.340 e. The number of fused-ring (bicyclic) bond motifs is 3. The number of benzene rings is 2. The van der Waals surface area contributed by atoms with Crippen molar-refractivity contribution in [1.29, 1.82) is 0 Å². The quantitative estimate of drug-likeness (QED) is 0.264.